The summed E-state index contributed by atoms with van der Waals surface area (Å²) in [5.74, 6) is 1.92. The highest BCUT2D eigenvalue weighted by molar-refractivity contribution is 6.30. The first-order valence-corrected chi connectivity index (χ1v) is 11.1. The van der Waals surface area contributed by atoms with Gasteiger partial charge in [-0.1, -0.05) is 24.6 Å². The molecule has 1 fully saturated rings. The van der Waals surface area contributed by atoms with Crippen LogP contribution < -0.4 is 14.4 Å². The summed E-state index contributed by atoms with van der Waals surface area (Å²) < 4.78 is 17.3. The number of methoxy groups -OCH3 is 2. The molecule has 1 saturated heterocycles. The first kappa shape index (κ1) is 21.3. The standard InChI is InChI=1S/C24H31ClN2O3/c1-17-16-30-22(21-15-24(29-3)23(28-2)14-20(17)21)7-8-26-9-11-27(12-10-26)19-6-4-5-18(25)13-19/h4-6,13-15,17,22H,7-12,16H2,1-3H3. The minimum Gasteiger partial charge on any atom is -0.493 e. The average molecular weight is 431 g/mol. The molecule has 0 saturated carbocycles. The molecule has 0 amide bonds. The zero-order valence-corrected chi connectivity index (χ0v) is 18.8. The van der Waals surface area contributed by atoms with E-state index in [0.717, 1.165) is 62.3 Å². The number of halogens is 1. The molecule has 4 rings (SSSR count). The number of rotatable bonds is 6. The van der Waals surface area contributed by atoms with Crippen LogP contribution in [0.1, 0.15) is 36.5 Å². The number of hydrogen-bond donors (Lipinski definition) is 0. The van der Waals surface area contributed by atoms with Crippen LogP contribution in [0.2, 0.25) is 5.02 Å². The molecule has 0 radical (unpaired) electrons. The van der Waals surface area contributed by atoms with Crippen LogP contribution in [0.15, 0.2) is 36.4 Å². The van der Waals surface area contributed by atoms with Crippen LogP contribution in [0.3, 0.4) is 0 Å². The quantitative estimate of drug-likeness (QED) is 0.661. The third-order valence-electron chi connectivity index (χ3n) is 6.27. The van der Waals surface area contributed by atoms with Gasteiger partial charge in [0.2, 0.25) is 0 Å². The zero-order chi connectivity index (χ0) is 21.1. The Balaban J connectivity index is 1.38. The van der Waals surface area contributed by atoms with Gasteiger partial charge in [0.25, 0.3) is 0 Å². The fourth-order valence-electron chi connectivity index (χ4n) is 4.50. The van der Waals surface area contributed by atoms with Gasteiger partial charge in [0.1, 0.15) is 0 Å². The highest BCUT2D eigenvalue weighted by Gasteiger charge is 2.28. The van der Waals surface area contributed by atoms with Crippen molar-refractivity contribution in [3.05, 3.63) is 52.5 Å². The number of nitrogens with zero attached hydrogens (tertiary/aromatic N) is 2. The summed E-state index contributed by atoms with van der Waals surface area (Å²) in [4.78, 5) is 4.94. The summed E-state index contributed by atoms with van der Waals surface area (Å²) in [5.41, 5.74) is 3.76. The van der Waals surface area contributed by atoms with E-state index in [-0.39, 0.29) is 6.10 Å². The van der Waals surface area contributed by atoms with E-state index in [4.69, 9.17) is 25.8 Å². The Morgan fingerprint density at radius 1 is 1.00 bits per heavy atom. The summed E-state index contributed by atoms with van der Waals surface area (Å²) >= 11 is 6.15. The van der Waals surface area contributed by atoms with Gasteiger partial charge in [-0.25, -0.2) is 0 Å². The maximum atomic E-state index is 6.24. The van der Waals surface area contributed by atoms with E-state index in [1.807, 2.05) is 18.2 Å². The van der Waals surface area contributed by atoms with E-state index in [0.29, 0.717) is 5.92 Å². The molecular formula is C24H31ClN2O3. The summed E-state index contributed by atoms with van der Waals surface area (Å²) in [5, 5.41) is 0.796. The Kier molecular flexibility index (Phi) is 6.71. The molecule has 2 aliphatic rings. The molecule has 162 valence electrons. The van der Waals surface area contributed by atoms with E-state index < -0.39 is 0 Å². The van der Waals surface area contributed by atoms with E-state index in [9.17, 15) is 0 Å². The second-order valence-corrected chi connectivity index (χ2v) is 8.59. The fourth-order valence-corrected chi connectivity index (χ4v) is 4.68. The third kappa shape index (κ3) is 4.53. The lowest BCUT2D eigenvalue weighted by Crippen LogP contribution is -2.47. The average Bonchev–Trinajstić information content (AvgIpc) is 2.78. The monoisotopic (exact) mass is 430 g/mol. The molecule has 0 bridgehead atoms. The Morgan fingerprint density at radius 2 is 1.70 bits per heavy atom. The van der Waals surface area contributed by atoms with Gasteiger partial charge in [-0.2, -0.15) is 0 Å². The summed E-state index contributed by atoms with van der Waals surface area (Å²) in [7, 11) is 3.38. The fraction of sp³-hybridized carbons (Fsp3) is 0.500. The van der Waals surface area contributed by atoms with Crippen LogP contribution >= 0.6 is 11.6 Å². The Morgan fingerprint density at radius 3 is 2.37 bits per heavy atom. The van der Waals surface area contributed by atoms with Gasteiger partial charge in [0, 0.05) is 49.4 Å². The molecule has 5 nitrogen and oxygen atoms in total. The molecular weight excluding hydrogens is 400 g/mol. The molecule has 6 heteroatoms. The van der Waals surface area contributed by atoms with Crippen molar-refractivity contribution < 1.29 is 14.2 Å². The molecule has 0 aromatic heterocycles. The SMILES string of the molecule is COc1cc2c(cc1OC)C(CCN1CCN(c3cccc(Cl)c3)CC1)OCC2C. The van der Waals surface area contributed by atoms with Crippen molar-refractivity contribution in [2.24, 2.45) is 0 Å². The van der Waals surface area contributed by atoms with Crippen molar-refractivity contribution in [1.29, 1.82) is 0 Å². The van der Waals surface area contributed by atoms with Gasteiger partial charge < -0.3 is 19.1 Å². The normalized spacial score (nSPS) is 21.9. The predicted octanol–water partition coefficient (Wildman–Crippen LogP) is 4.74. The lowest BCUT2D eigenvalue weighted by Gasteiger charge is -2.37. The van der Waals surface area contributed by atoms with Gasteiger partial charge in [0.15, 0.2) is 11.5 Å². The lowest BCUT2D eigenvalue weighted by atomic mass is 9.88. The topological polar surface area (TPSA) is 34.2 Å². The molecule has 0 aliphatic carbocycles. The van der Waals surface area contributed by atoms with Crippen molar-refractivity contribution in [2.75, 3.05) is 58.5 Å². The Hall–Kier alpha value is -1.95. The van der Waals surface area contributed by atoms with E-state index in [1.54, 1.807) is 14.2 Å². The van der Waals surface area contributed by atoms with E-state index in [1.165, 1.54) is 16.8 Å². The number of ether oxygens (including phenoxy) is 3. The molecule has 0 N–H and O–H groups in total. The summed E-state index contributed by atoms with van der Waals surface area (Å²) in [6, 6.07) is 12.4. The third-order valence-corrected chi connectivity index (χ3v) is 6.50. The van der Waals surface area contributed by atoms with Crippen LogP contribution in [-0.2, 0) is 4.74 Å². The first-order valence-electron chi connectivity index (χ1n) is 10.7. The maximum absolute atomic E-state index is 6.24. The van der Waals surface area contributed by atoms with Gasteiger partial charge in [0.05, 0.1) is 26.9 Å². The molecule has 2 unspecified atom stereocenters. The minimum atomic E-state index is 0.0990. The van der Waals surface area contributed by atoms with Gasteiger partial charge in [-0.05, 0) is 47.9 Å². The van der Waals surface area contributed by atoms with Gasteiger partial charge in [-0.3, -0.25) is 4.90 Å². The number of hydrogen-bond acceptors (Lipinski definition) is 5. The second kappa shape index (κ2) is 9.46. The van der Waals surface area contributed by atoms with Crippen molar-refractivity contribution in [3.8, 4) is 11.5 Å². The summed E-state index contributed by atoms with van der Waals surface area (Å²) in [6.07, 6.45) is 1.08. The molecule has 2 aromatic rings. The molecule has 0 spiro atoms. The predicted molar refractivity (Wildman–Crippen MR) is 121 cm³/mol. The first-order chi connectivity index (χ1) is 14.6. The second-order valence-electron chi connectivity index (χ2n) is 8.16. The lowest BCUT2D eigenvalue weighted by molar-refractivity contribution is 0.0180. The maximum Gasteiger partial charge on any atom is 0.161 e. The van der Waals surface area contributed by atoms with Crippen molar-refractivity contribution in [1.82, 2.24) is 4.90 Å². The molecule has 2 heterocycles. The zero-order valence-electron chi connectivity index (χ0n) is 18.1. The molecule has 2 atom stereocenters. The van der Waals surface area contributed by atoms with Crippen LogP contribution in [0.4, 0.5) is 5.69 Å². The number of anilines is 1. The summed E-state index contributed by atoms with van der Waals surface area (Å²) in [6.45, 7) is 8.11. The number of piperazine rings is 1. The minimum absolute atomic E-state index is 0.0990. The number of benzene rings is 2. The Labute approximate surface area is 184 Å². The van der Waals surface area contributed by atoms with Crippen molar-refractivity contribution in [3.63, 3.8) is 0 Å². The Bertz CT molecular complexity index is 868. The highest BCUT2D eigenvalue weighted by atomic mass is 35.5. The largest absolute Gasteiger partial charge is 0.493 e. The smallest absolute Gasteiger partial charge is 0.161 e. The molecule has 2 aliphatic heterocycles. The van der Waals surface area contributed by atoms with Gasteiger partial charge in [-0.15, -0.1) is 0 Å². The van der Waals surface area contributed by atoms with Crippen LogP contribution in [-0.4, -0.2) is 58.5 Å². The van der Waals surface area contributed by atoms with Crippen LogP contribution in [0.25, 0.3) is 0 Å². The van der Waals surface area contributed by atoms with E-state index >= 15 is 0 Å². The van der Waals surface area contributed by atoms with Crippen molar-refractivity contribution in [2.45, 2.75) is 25.4 Å². The van der Waals surface area contributed by atoms with E-state index in [2.05, 4.69) is 34.9 Å². The molecule has 30 heavy (non-hydrogen) atoms. The van der Waals surface area contributed by atoms with Crippen LogP contribution in [0.5, 0.6) is 11.5 Å². The van der Waals surface area contributed by atoms with Crippen molar-refractivity contribution >= 4 is 17.3 Å². The molecule has 2 aromatic carbocycles. The van der Waals surface area contributed by atoms with Crippen LogP contribution in [0, 0.1) is 0 Å². The highest BCUT2D eigenvalue weighted by Crippen LogP contribution is 2.42. The number of fused-ring (bicyclic) bond motifs is 1. The van der Waals surface area contributed by atoms with Gasteiger partial charge >= 0.3 is 0 Å².